The Morgan fingerprint density at radius 3 is 2.40 bits per heavy atom. The van der Waals surface area contributed by atoms with E-state index in [9.17, 15) is 18.0 Å². The molecule has 0 spiro atoms. The average molecular weight is 360 g/mol. The Morgan fingerprint density at radius 2 is 1.84 bits per heavy atom. The van der Waals surface area contributed by atoms with Crippen LogP contribution in [0.5, 0.6) is 0 Å². The molecule has 126 valence electrons. The van der Waals surface area contributed by atoms with Crippen molar-refractivity contribution < 1.29 is 13.2 Å². The third-order valence-electron chi connectivity index (χ3n) is 3.67. The van der Waals surface area contributed by atoms with Gasteiger partial charge in [0.05, 0.1) is 22.7 Å². The predicted octanol–water partition coefficient (Wildman–Crippen LogP) is 4.52. The average Bonchev–Trinajstić information content (AvgIpc) is 3.10. The molecule has 0 amide bonds. The van der Waals surface area contributed by atoms with Gasteiger partial charge in [0.25, 0.3) is 5.56 Å². The Bertz CT molecular complexity index is 984. The van der Waals surface area contributed by atoms with E-state index in [4.69, 9.17) is 5.26 Å². The molecule has 0 atom stereocenters. The predicted molar refractivity (Wildman–Crippen MR) is 89.3 cm³/mol. The van der Waals surface area contributed by atoms with Gasteiger partial charge < -0.3 is 4.57 Å². The molecule has 0 aliphatic rings. The zero-order chi connectivity index (χ0) is 18.0. The fourth-order valence-electron chi connectivity index (χ4n) is 2.53. The summed E-state index contributed by atoms with van der Waals surface area (Å²) in [6, 6.07) is 14.6. The number of halogens is 3. The summed E-state index contributed by atoms with van der Waals surface area (Å²) < 4.78 is 41.1. The SMILES string of the molecule is N#Cc1c(C(F)(F)F)cc(-c2cccs2)n(Cc2ccccc2)c1=O. The van der Waals surface area contributed by atoms with Gasteiger partial charge in [-0.1, -0.05) is 36.4 Å². The molecule has 0 saturated carbocycles. The van der Waals surface area contributed by atoms with Gasteiger partial charge in [-0.05, 0) is 23.1 Å². The summed E-state index contributed by atoms with van der Waals surface area (Å²) in [4.78, 5) is 13.2. The molecule has 3 rings (SSSR count). The number of thiophene rings is 1. The number of nitrogens with zero attached hydrogens (tertiary/aromatic N) is 2. The van der Waals surface area contributed by atoms with Crippen molar-refractivity contribution in [2.24, 2.45) is 0 Å². The first-order chi connectivity index (χ1) is 11.9. The Balaban J connectivity index is 2.29. The van der Waals surface area contributed by atoms with Crippen molar-refractivity contribution in [3.8, 4) is 16.6 Å². The maximum absolute atomic E-state index is 13.3. The van der Waals surface area contributed by atoms with Crippen LogP contribution in [0.15, 0.2) is 58.7 Å². The van der Waals surface area contributed by atoms with Gasteiger partial charge in [0.15, 0.2) is 0 Å². The lowest BCUT2D eigenvalue weighted by Crippen LogP contribution is -2.28. The van der Waals surface area contributed by atoms with Gasteiger partial charge in [-0.25, -0.2) is 0 Å². The van der Waals surface area contributed by atoms with Crippen molar-refractivity contribution in [1.29, 1.82) is 5.26 Å². The van der Waals surface area contributed by atoms with E-state index in [0.717, 1.165) is 11.6 Å². The monoisotopic (exact) mass is 360 g/mol. The largest absolute Gasteiger partial charge is 0.417 e. The van der Waals surface area contributed by atoms with Gasteiger partial charge in [-0.15, -0.1) is 11.3 Å². The highest BCUT2D eigenvalue weighted by Crippen LogP contribution is 2.34. The molecule has 2 aromatic heterocycles. The molecule has 0 fully saturated rings. The van der Waals surface area contributed by atoms with Crippen molar-refractivity contribution in [3.63, 3.8) is 0 Å². The number of benzene rings is 1. The quantitative estimate of drug-likeness (QED) is 0.690. The Hall–Kier alpha value is -2.85. The number of alkyl halides is 3. The molecule has 7 heteroatoms. The molecule has 3 nitrogen and oxygen atoms in total. The molecule has 25 heavy (non-hydrogen) atoms. The second kappa shape index (κ2) is 6.57. The minimum atomic E-state index is -4.78. The van der Waals surface area contributed by atoms with Gasteiger partial charge in [0, 0.05) is 0 Å². The van der Waals surface area contributed by atoms with Crippen LogP contribution in [-0.2, 0) is 12.7 Å². The molecular weight excluding hydrogens is 349 g/mol. The molecule has 0 unspecified atom stereocenters. The van der Waals surface area contributed by atoms with Gasteiger partial charge in [-0.2, -0.15) is 18.4 Å². The second-order valence-electron chi connectivity index (χ2n) is 5.28. The Kier molecular flexibility index (Phi) is 4.47. The van der Waals surface area contributed by atoms with E-state index >= 15 is 0 Å². The van der Waals surface area contributed by atoms with E-state index in [1.807, 2.05) is 0 Å². The first kappa shape index (κ1) is 17.0. The van der Waals surface area contributed by atoms with Crippen molar-refractivity contribution in [1.82, 2.24) is 4.57 Å². The third-order valence-corrected chi connectivity index (χ3v) is 4.57. The highest BCUT2D eigenvalue weighted by atomic mass is 32.1. The summed E-state index contributed by atoms with van der Waals surface area (Å²) in [6.07, 6.45) is -4.78. The molecule has 1 aromatic carbocycles. The Morgan fingerprint density at radius 1 is 1.12 bits per heavy atom. The molecule has 0 N–H and O–H groups in total. The first-order valence-electron chi connectivity index (χ1n) is 7.24. The molecule has 3 aromatic rings. The van der Waals surface area contributed by atoms with Crippen LogP contribution in [0, 0.1) is 11.3 Å². The summed E-state index contributed by atoms with van der Waals surface area (Å²) in [5, 5.41) is 10.8. The lowest BCUT2D eigenvalue weighted by atomic mass is 10.1. The highest BCUT2D eigenvalue weighted by Gasteiger charge is 2.36. The number of hydrogen-bond acceptors (Lipinski definition) is 3. The van der Waals surface area contributed by atoms with E-state index in [1.165, 1.54) is 22.0 Å². The number of pyridine rings is 1. The standard InChI is InChI=1S/C18H11F3N2OS/c19-18(20,21)14-9-15(16-7-4-8-25-16)23(17(24)13(14)10-22)11-12-5-2-1-3-6-12/h1-9H,11H2. The van der Waals surface area contributed by atoms with E-state index in [1.54, 1.807) is 47.8 Å². The smallest absolute Gasteiger partial charge is 0.302 e. The minimum Gasteiger partial charge on any atom is -0.302 e. The third kappa shape index (κ3) is 3.35. The summed E-state index contributed by atoms with van der Waals surface area (Å²) in [5.41, 5.74) is -2.12. The van der Waals surface area contributed by atoms with E-state index < -0.39 is 22.9 Å². The normalized spacial score (nSPS) is 11.3. The van der Waals surface area contributed by atoms with Crippen LogP contribution in [0.4, 0.5) is 13.2 Å². The van der Waals surface area contributed by atoms with Gasteiger partial charge in [-0.3, -0.25) is 4.79 Å². The van der Waals surface area contributed by atoms with Crippen molar-refractivity contribution in [3.05, 3.63) is 81.0 Å². The van der Waals surface area contributed by atoms with Gasteiger partial charge >= 0.3 is 6.18 Å². The summed E-state index contributed by atoms with van der Waals surface area (Å²) in [7, 11) is 0. The maximum atomic E-state index is 13.3. The van der Waals surface area contributed by atoms with Crippen LogP contribution in [-0.4, -0.2) is 4.57 Å². The van der Waals surface area contributed by atoms with E-state index in [-0.39, 0.29) is 12.2 Å². The van der Waals surface area contributed by atoms with Crippen molar-refractivity contribution in [2.75, 3.05) is 0 Å². The number of rotatable bonds is 3. The van der Waals surface area contributed by atoms with Crippen LogP contribution in [0.2, 0.25) is 0 Å². The number of aromatic nitrogens is 1. The second-order valence-corrected chi connectivity index (χ2v) is 6.23. The van der Waals surface area contributed by atoms with Crippen LogP contribution in [0.1, 0.15) is 16.7 Å². The van der Waals surface area contributed by atoms with Gasteiger partial charge in [0.2, 0.25) is 0 Å². The lowest BCUT2D eigenvalue weighted by Gasteiger charge is -2.16. The summed E-state index contributed by atoms with van der Waals surface area (Å²) >= 11 is 1.23. The fraction of sp³-hybridized carbons (Fsp3) is 0.111. The Labute approximate surface area is 145 Å². The first-order valence-corrected chi connectivity index (χ1v) is 8.12. The molecule has 0 saturated heterocycles. The summed E-state index contributed by atoms with van der Waals surface area (Å²) in [5.74, 6) is 0. The van der Waals surface area contributed by atoms with Crippen LogP contribution in [0.25, 0.3) is 10.6 Å². The van der Waals surface area contributed by atoms with Crippen molar-refractivity contribution >= 4 is 11.3 Å². The minimum absolute atomic E-state index is 0.0831. The van der Waals surface area contributed by atoms with E-state index in [2.05, 4.69) is 0 Å². The van der Waals surface area contributed by atoms with Crippen LogP contribution in [0.3, 0.4) is 0 Å². The molecule has 0 radical (unpaired) electrons. The molecule has 0 bridgehead atoms. The number of nitriles is 1. The molecule has 0 aliphatic carbocycles. The molecule has 0 aliphatic heterocycles. The highest BCUT2D eigenvalue weighted by molar-refractivity contribution is 7.13. The zero-order valence-corrected chi connectivity index (χ0v) is 13.6. The molecular formula is C18H11F3N2OS. The maximum Gasteiger partial charge on any atom is 0.417 e. The zero-order valence-electron chi connectivity index (χ0n) is 12.7. The lowest BCUT2D eigenvalue weighted by molar-refractivity contribution is -0.137. The summed E-state index contributed by atoms with van der Waals surface area (Å²) in [6.45, 7) is 0.0831. The van der Waals surface area contributed by atoms with Crippen LogP contribution < -0.4 is 5.56 Å². The van der Waals surface area contributed by atoms with Gasteiger partial charge in [0.1, 0.15) is 11.6 Å². The fourth-order valence-corrected chi connectivity index (χ4v) is 3.28. The molecule has 2 heterocycles. The number of hydrogen-bond donors (Lipinski definition) is 0. The van der Waals surface area contributed by atoms with Crippen molar-refractivity contribution in [2.45, 2.75) is 12.7 Å². The van der Waals surface area contributed by atoms with E-state index in [0.29, 0.717) is 4.88 Å². The van der Waals surface area contributed by atoms with Crippen LogP contribution >= 0.6 is 11.3 Å². The topological polar surface area (TPSA) is 45.8 Å².